The molecule has 3 amide bonds. The van der Waals surface area contributed by atoms with Crippen molar-refractivity contribution in [2.45, 2.75) is 69.7 Å². The summed E-state index contributed by atoms with van der Waals surface area (Å²) < 4.78 is 6.60. The standard InChI is InChI=1S/C25H39N3O5/c1-7-10-15-27(14-9-3)23(32)20-25-12-11-24(5,33-25)18(21(30)26(6)13-8-2)19(25)22(31)28(20)17(4)16-29/h8-9,17-20,29H,2-3,7,10-16H2,1,4-6H3/t17-,18+,19+,20?,24-,25?/m1/s1. The first kappa shape index (κ1) is 25.4. The third-order valence-corrected chi connectivity index (χ3v) is 7.68. The van der Waals surface area contributed by atoms with Crippen LogP contribution >= 0.6 is 0 Å². The molecule has 1 N–H and O–H groups in total. The van der Waals surface area contributed by atoms with Gasteiger partial charge in [-0.25, -0.2) is 0 Å². The lowest BCUT2D eigenvalue weighted by molar-refractivity contribution is -0.155. The summed E-state index contributed by atoms with van der Waals surface area (Å²) in [5, 5.41) is 9.95. The first-order valence-corrected chi connectivity index (χ1v) is 12.0. The average molecular weight is 462 g/mol. The minimum Gasteiger partial charge on any atom is -0.394 e. The van der Waals surface area contributed by atoms with Gasteiger partial charge in [-0.15, -0.1) is 13.2 Å². The number of hydrogen-bond donors (Lipinski definition) is 1. The van der Waals surface area contributed by atoms with E-state index in [1.807, 2.05) is 6.92 Å². The average Bonchev–Trinajstić information content (AvgIpc) is 3.36. The van der Waals surface area contributed by atoms with E-state index in [0.29, 0.717) is 32.5 Å². The van der Waals surface area contributed by atoms with Crippen molar-refractivity contribution in [2.24, 2.45) is 11.8 Å². The number of likely N-dealkylation sites (tertiary alicyclic amines) is 1. The van der Waals surface area contributed by atoms with Crippen LogP contribution in [0, 0.1) is 11.8 Å². The Bertz CT molecular complexity index is 816. The van der Waals surface area contributed by atoms with Gasteiger partial charge in [0.25, 0.3) is 0 Å². The second kappa shape index (κ2) is 9.58. The summed E-state index contributed by atoms with van der Waals surface area (Å²) in [7, 11) is 1.69. The highest BCUT2D eigenvalue weighted by atomic mass is 16.5. The van der Waals surface area contributed by atoms with E-state index in [1.165, 1.54) is 4.90 Å². The van der Waals surface area contributed by atoms with Crippen LogP contribution in [0.5, 0.6) is 0 Å². The second-order valence-electron chi connectivity index (χ2n) is 9.94. The minimum atomic E-state index is -1.08. The molecule has 8 heteroatoms. The van der Waals surface area contributed by atoms with Crippen molar-refractivity contribution in [3.63, 3.8) is 0 Å². The molecule has 0 aromatic carbocycles. The van der Waals surface area contributed by atoms with Gasteiger partial charge < -0.3 is 24.5 Å². The molecule has 3 saturated heterocycles. The number of nitrogens with zero attached hydrogens (tertiary/aromatic N) is 3. The van der Waals surface area contributed by atoms with Gasteiger partial charge in [0, 0.05) is 26.7 Å². The van der Waals surface area contributed by atoms with Crippen LogP contribution in [0.3, 0.4) is 0 Å². The zero-order valence-corrected chi connectivity index (χ0v) is 20.5. The molecule has 3 rings (SSSR count). The Balaban J connectivity index is 2.08. The van der Waals surface area contributed by atoms with E-state index in [2.05, 4.69) is 20.1 Å². The van der Waals surface area contributed by atoms with Gasteiger partial charge in [0.05, 0.1) is 30.1 Å². The van der Waals surface area contributed by atoms with Crippen LogP contribution in [0.2, 0.25) is 0 Å². The maximum atomic E-state index is 14.0. The van der Waals surface area contributed by atoms with Crippen molar-refractivity contribution in [1.29, 1.82) is 0 Å². The highest BCUT2D eigenvalue weighted by Crippen LogP contribution is 2.63. The molecule has 0 radical (unpaired) electrons. The molecule has 33 heavy (non-hydrogen) atoms. The third-order valence-electron chi connectivity index (χ3n) is 7.68. The van der Waals surface area contributed by atoms with E-state index in [4.69, 9.17) is 4.74 Å². The van der Waals surface area contributed by atoms with E-state index in [-0.39, 0.29) is 24.3 Å². The zero-order valence-electron chi connectivity index (χ0n) is 20.5. The molecule has 3 fully saturated rings. The lowest BCUT2D eigenvalue weighted by atomic mass is 9.66. The zero-order chi connectivity index (χ0) is 24.6. The smallest absolute Gasteiger partial charge is 0.248 e. The van der Waals surface area contributed by atoms with E-state index in [9.17, 15) is 19.5 Å². The predicted molar refractivity (Wildman–Crippen MR) is 125 cm³/mol. The fourth-order valence-electron chi connectivity index (χ4n) is 6.07. The van der Waals surface area contributed by atoms with Crippen molar-refractivity contribution in [2.75, 3.05) is 33.3 Å². The second-order valence-corrected chi connectivity index (χ2v) is 9.94. The lowest BCUT2D eigenvalue weighted by Crippen LogP contribution is -2.58. The SMILES string of the molecule is C=CCN(C)C(=O)[C@@H]1[C@H]2C(=O)N([C@H](C)CO)C(C(=O)N(CC=C)CCCC)C23CC[C@@]1(C)O3. The summed E-state index contributed by atoms with van der Waals surface area (Å²) in [5.41, 5.74) is -1.89. The Morgan fingerprint density at radius 3 is 2.52 bits per heavy atom. The highest BCUT2D eigenvalue weighted by Gasteiger charge is 2.78. The van der Waals surface area contributed by atoms with Crippen molar-refractivity contribution < 1.29 is 24.2 Å². The Morgan fingerprint density at radius 1 is 1.27 bits per heavy atom. The summed E-state index contributed by atoms with van der Waals surface area (Å²) in [6, 6.07) is -1.45. The number of carbonyl (C=O) groups excluding carboxylic acids is 3. The molecule has 0 aliphatic carbocycles. The fraction of sp³-hybridized carbons (Fsp3) is 0.720. The third kappa shape index (κ3) is 3.91. The molecule has 0 aromatic rings. The minimum absolute atomic E-state index is 0.170. The van der Waals surface area contributed by atoms with Gasteiger partial charge in [-0.3, -0.25) is 14.4 Å². The van der Waals surface area contributed by atoms with Crippen LogP contribution in [0.4, 0.5) is 0 Å². The number of fused-ring (bicyclic) bond motifs is 1. The van der Waals surface area contributed by atoms with E-state index in [1.54, 1.807) is 35.9 Å². The van der Waals surface area contributed by atoms with Crippen LogP contribution in [0.1, 0.15) is 46.5 Å². The maximum absolute atomic E-state index is 14.0. The summed E-state index contributed by atoms with van der Waals surface area (Å²) in [6.07, 6.45) is 6.21. The van der Waals surface area contributed by atoms with Gasteiger partial charge in [-0.05, 0) is 33.1 Å². The largest absolute Gasteiger partial charge is 0.394 e. The highest BCUT2D eigenvalue weighted by molar-refractivity contribution is 5.99. The first-order chi connectivity index (χ1) is 15.6. The molecule has 3 aliphatic rings. The molecule has 0 aromatic heterocycles. The molecular weight excluding hydrogens is 422 g/mol. The number of carbonyl (C=O) groups is 3. The van der Waals surface area contributed by atoms with Gasteiger partial charge in [0.15, 0.2) is 0 Å². The molecular formula is C25H39N3O5. The van der Waals surface area contributed by atoms with E-state index < -0.39 is 35.1 Å². The number of amides is 3. The molecule has 2 unspecified atom stereocenters. The number of rotatable bonds is 11. The maximum Gasteiger partial charge on any atom is 0.248 e. The first-order valence-electron chi connectivity index (χ1n) is 12.0. The van der Waals surface area contributed by atoms with Gasteiger partial charge in [0.2, 0.25) is 17.7 Å². The molecule has 1 spiro atoms. The van der Waals surface area contributed by atoms with Gasteiger partial charge in [-0.1, -0.05) is 25.5 Å². The molecule has 0 saturated carbocycles. The summed E-state index contributed by atoms with van der Waals surface area (Å²) in [4.78, 5) is 46.1. The number of ether oxygens (including phenoxy) is 1. The fourth-order valence-corrected chi connectivity index (χ4v) is 6.07. The van der Waals surface area contributed by atoms with Crippen LogP contribution in [0.25, 0.3) is 0 Å². The quantitative estimate of drug-likeness (QED) is 0.472. The molecule has 6 atom stereocenters. The summed E-state index contributed by atoms with van der Waals surface area (Å²) >= 11 is 0. The number of aliphatic hydroxyl groups is 1. The molecule has 3 heterocycles. The van der Waals surface area contributed by atoms with Crippen LogP contribution in [-0.2, 0) is 19.1 Å². The predicted octanol–water partition coefficient (Wildman–Crippen LogP) is 1.59. The molecule has 184 valence electrons. The molecule has 2 bridgehead atoms. The Morgan fingerprint density at radius 2 is 1.94 bits per heavy atom. The number of hydrogen-bond acceptors (Lipinski definition) is 5. The van der Waals surface area contributed by atoms with Crippen LogP contribution in [-0.4, -0.2) is 94.1 Å². The van der Waals surface area contributed by atoms with Crippen molar-refractivity contribution in [3.05, 3.63) is 25.3 Å². The molecule has 3 aliphatic heterocycles. The lowest BCUT2D eigenvalue weighted by Gasteiger charge is -2.38. The number of unbranched alkanes of at least 4 members (excludes halogenated alkanes) is 1. The van der Waals surface area contributed by atoms with Gasteiger partial charge >= 0.3 is 0 Å². The van der Waals surface area contributed by atoms with Crippen molar-refractivity contribution in [1.82, 2.24) is 14.7 Å². The van der Waals surface area contributed by atoms with Crippen LogP contribution < -0.4 is 0 Å². The monoisotopic (exact) mass is 461 g/mol. The number of likely N-dealkylation sites (N-methyl/N-ethyl adjacent to an activating group) is 1. The number of aliphatic hydroxyl groups excluding tert-OH is 1. The summed E-state index contributed by atoms with van der Waals surface area (Å²) in [5.74, 6) is -2.08. The van der Waals surface area contributed by atoms with Crippen molar-refractivity contribution >= 4 is 17.7 Å². The van der Waals surface area contributed by atoms with Gasteiger partial charge in [-0.2, -0.15) is 0 Å². The summed E-state index contributed by atoms with van der Waals surface area (Å²) in [6.45, 7) is 14.2. The molecule has 8 nitrogen and oxygen atoms in total. The van der Waals surface area contributed by atoms with Crippen LogP contribution in [0.15, 0.2) is 25.3 Å². The topological polar surface area (TPSA) is 90.4 Å². The van der Waals surface area contributed by atoms with E-state index in [0.717, 1.165) is 12.8 Å². The normalized spacial score (nSPS) is 33.1. The van der Waals surface area contributed by atoms with Gasteiger partial charge in [0.1, 0.15) is 11.6 Å². The Hall–Kier alpha value is -2.19. The van der Waals surface area contributed by atoms with Crippen molar-refractivity contribution in [3.8, 4) is 0 Å². The Labute approximate surface area is 197 Å². The Kier molecular flexibility index (Phi) is 7.39. The van der Waals surface area contributed by atoms with E-state index >= 15 is 0 Å².